The third-order valence-corrected chi connectivity index (χ3v) is 5.65. The molecule has 35 heavy (non-hydrogen) atoms. The molecule has 2 aromatic carbocycles. The third kappa shape index (κ3) is 6.70. The minimum Gasteiger partial charge on any atom is -0.480 e. The van der Waals surface area contributed by atoms with Gasteiger partial charge in [0.15, 0.2) is 0 Å². The van der Waals surface area contributed by atoms with E-state index in [9.17, 15) is 19.5 Å². The summed E-state index contributed by atoms with van der Waals surface area (Å²) in [4.78, 5) is 37.0. The van der Waals surface area contributed by atoms with Crippen LogP contribution in [0.25, 0.3) is 11.1 Å². The quantitative estimate of drug-likeness (QED) is 0.445. The minimum absolute atomic E-state index is 0.0405. The lowest BCUT2D eigenvalue weighted by Crippen LogP contribution is -2.54. The van der Waals surface area contributed by atoms with Crippen LogP contribution < -0.4 is 10.6 Å². The predicted octanol–water partition coefficient (Wildman–Crippen LogP) is 3.85. The maximum Gasteiger partial charge on any atom is 0.407 e. The second-order valence-corrected chi connectivity index (χ2v) is 9.37. The van der Waals surface area contributed by atoms with E-state index in [4.69, 9.17) is 9.47 Å². The number of carbonyl (C=O) groups excluding carboxylic acids is 2. The van der Waals surface area contributed by atoms with Crippen LogP contribution in [0.3, 0.4) is 0 Å². The van der Waals surface area contributed by atoms with Gasteiger partial charge in [0.2, 0.25) is 5.91 Å². The molecule has 3 N–H and O–H groups in total. The first-order valence-corrected chi connectivity index (χ1v) is 11.5. The highest BCUT2D eigenvalue weighted by Gasteiger charge is 2.31. The second-order valence-electron chi connectivity index (χ2n) is 9.37. The fraction of sp³-hybridized carbons (Fsp3) is 0.370. The number of rotatable bonds is 10. The summed E-state index contributed by atoms with van der Waals surface area (Å²) >= 11 is 0. The highest BCUT2D eigenvalue weighted by molar-refractivity contribution is 5.89. The van der Waals surface area contributed by atoms with Crippen molar-refractivity contribution in [2.24, 2.45) is 0 Å². The van der Waals surface area contributed by atoms with Crippen LogP contribution in [0.1, 0.15) is 44.2 Å². The molecule has 0 fully saturated rings. The first-order valence-electron chi connectivity index (χ1n) is 11.5. The van der Waals surface area contributed by atoms with Gasteiger partial charge in [-0.25, -0.2) is 9.59 Å². The molecular weight excluding hydrogens is 448 g/mol. The Morgan fingerprint density at radius 2 is 1.57 bits per heavy atom. The molecule has 1 aliphatic carbocycles. The van der Waals surface area contributed by atoms with E-state index in [1.165, 1.54) is 6.08 Å². The average molecular weight is 481 g/mol. The van der Waals surface area contributed by atoms with E-state index in [2.05, 4.69) is 17.2 Å². The number of benzene rings is 2. The summed E-state index contributed by atoms with van der Waals surface area (Å²) in [6, 6.07) is 13.6. The first kappa shape index (κ1) is 26.0. The molecule has 0 heterocycles. The Labute approximate surface area is 205 Å². The zero-order chi connectivity index (χ0) is 25.6. The molecule has 8 nitrogen and oxygen atoms in total. The van der Waals surface area contributed by atoms with Gasteiger partial charge in [-0.3, -0.25) is 4.79 Å². The summed E-state index contributed by atoms with van der Waals surface area (Å²) in [7, 11) is 0. The number of carboxylic acids is 1. The Balaban J connectivity index is 1.69. The molecule has 186 valence electrons. The van der Waals surface area contributed by atoms with Crippen molar-refractivity contribution >= 4 is 18.0 Å². The van der Waals surface area contributed by atoms with E-state index in [0.29, 0.717) is 0 Å². The topological polar surface area (TPSA) is 114 Å². The lowest BCUT2D eigenvalue weighted by molar-refractivity contribution is -0.142. The van der Waals surface area contributed by atoms with Crippen LogP contribution in [-0.4, -0.2) is 54.0 Å². The molecule has 0 bridgehead atoms. The highest BCUT2D eigenvalue weighted by atomic mass is 16.5. The molecule has 2 atom stereocenters. The van der Waals surface area contributed by atoms with E-state index >= 15 is 0 Å². The van der Waals surface area contributed by atoms with Gasteiger partial charge in [-0.15, -0.1) is 6.58 Å². The van der Waals surface area contributed by atoms with Gasteiger partial charge in [0.1, 0.15) is 18.7 Å². The number of aliphatic carboxylic acids is 1. The van der Waals surface area contributed by atoms with E-state index in [1.807, 2.05) is 69.3 Å². The van der Waals surface area contributed by atoms with Gasteiger partial charge in [0, 0.05) is 5.92 Å². The molecule has 2 amide bonds. The van der Waals surface area contributed by atoms with Crippen LogP contribution in [0, 0.1) is 0 Å². The van der Waals surface area contributed by atoms with Gasteiger partial charge in [-0.2, -0.15) is 0 Å². The molecule has 0 spiro atoms. The van der Waals surface area contributed by atoms with E-state index < -0.39 is 35.7 Å². The highest BCUT2D eigenvalue weighted by Crippen LogP contribution is 2.44. The molecule has 0 saturated heterocycles. The van der Waals surface area contributed by atoms with Crippen LogP contribution >= 0.6 is 0 Å². The number of carbonyl (C=O) groups is 3. The molecule has 0 aliphatic heterocycles. The number of ether oxygens (including phenoxy) is 2. The standard InChI is InChI=1S/C27H32N2O6/c1-5-10-22(25(31)32)28-24(30)23(16-35-27(2,3)4)29-26(33)34-15-21-19-13-8-6-11-17(19)18-12-7-9-14-20(18)21/h5-9,11-14,21-23H,1,10,15-16H2,2-4H3,(H,28,30)(H,29,33)(H,31,32)/t22-,23-/m0/s1. The van der Waals surface area contributed by atoms with Crippen molar-refractivity contribution in [2.45, 2.75) is 50.8 Å². The van der Waals surface area contributed by atoms with Gasteiger partial charge in [0.25, 0.3) is 0 Å². The SMILES string of the molecule is C=CC[C@H](NC(=O)[C@H](COC(C)(C)C)NC(=O)OCC1c2ccccc2-c2ccccc21)C(=O)O. The predicted molar refractivity (Wildman–Crippen MR) is 132 cm³/mol. The van der Waals surface area contributed by atoms with Gasteiger partial charge in [0.05, 0.1) is 12.2 Å². The maximum absolute atomic E-state index is 12.8. The summed E-state index contributed by atoms with van der Waals surface area (Å²) in [5.41, 5.74) is 3.78. The number of amides is 2. The number of hydrogen-bond acceptors (Lipinski definition) is 5. The van der Waals surface area contributed by atoms with Crippen LogP contribution in [0.2, 0.25) is 0 Å². The molecule has 1 aliphatic rings. The summed E-state index contributed by atoms with van der Waals surface area (Å²) in [6.45, 7) is 8.89. The van der Waals surface area contributed by atoms with Crippen molar-refractivity contribution in [3.63, 3.8) is 0 Å². The minimum atomic E-state index is -1.20. The zero-order valence-corrected chi connectivity index (χ0v) is 20.2. The van der Waals surface area contributed by atoms with Crippen molar-refractivity contribution in [2.75, 3.05) is 13.2 Å². The van der Waals surface area contributed by atoms with E-state index in [-0.39, 0.29) is 25.6 Å². The Morgan fingerprint density at radius 3 is 2.09 bits per heavy atom. The Hall–Kier alpha value is -3.65. The van der Waals surface area contributed by atoms with Crippen molar-refractivity contribution in [1.29, 1.82) is 0 Å². The fourth-order valence-corrected chi connectivity index (χ4v) is 3.96. The smallest absolute Gasteiger partial charge is 0.407 e. The second kappa shape index (κ2) is 11.2. The van der Waals surface area contributed by atoms with Gasteiger partial charge >= 0.3 is 12.1 Å². The molecule has 0 unspecified atom stereocenters. The molecule has 0 saturated carbocycles. The normalized spacial score (nSPS) is 14.3. The summed E-state index contributed by atoms with van der Waals surface area (Å²) < 4.78 is 11.2. The lowest BCUT2D eigenvalue weighted by atomic mass is 9.98. The first-order chi connectivity index (χ1) is 16.6. The average Bonchev–Trinajstić information content (AvgIpc) is 3.13. The summed E-state index contributed by atoms with van der Waals surface area (Å²) in [6.07, 6.45) is 0.650. The largest absolute Gasteiger partial charge is 0.480 e. The fourth-order valence-electron chi connectivity index (χ4n) is 3.96. The van der Waals surface area contributed by atoms with Crippen LogP contribution in [-0.2, 0) is 19.1 Å². The Bertz CT molecular complexity index is 1050. The number of carboxylic acid groups (broad SMARTS) is 1. The number of hydrogen-bond donors (Lipinski definition) is 3. The lowest BCUT2D eigenvalue weighted by Gasteiger charge is -2.25. The molecule has 8 heteroatoms. The van der Waals surface area contributed by atoms with E-state index in [0.717, 1.165) is 22.3 Å². The maximum atomic E-state index is 12.8. The Morgan fingerprint density at radius 1 is 1.00 bits per heavy atom. The van der Waals surface area contributed by atoms with Gasteiger partial charge in [-0.1, -0.05) is 54.6 Å². The summed E-state index contributed by atoms with van der Waals surface area (Å²) in [5.74, 6) is -2.01. The Kier molecular flexibility index (Phi) is 8.30. The van der Waals surface area contributed by atoms with Crippen molar-refractivity contribution in [1.82, 2.24) is 10.6 Å². The van der Waals surface area contributed by atoms with Gasteiger partial charge < -0.3 is 25.2 Å². The molecular formula is C27H32N2O6. The van der Waals surface area contributed by atoms with Crippen molar-refractivity contribution in [3.05, 3.63) is 72.3 Å². The number of alkyl carbamates (subject to hydrolysis) is 1. The number of nitrogens with one attached hydrogen (secondary N) is 2. The van der Waals surface area contributed by atoms with Crippen LogP contribution in [0.5, 0.6) is 0 Å². The van der Waals surface area contributed by atoms with Crippen LogP contribution in [0.4, 0.5) is 4.79 Å². The molecule has 3 rings (SSSR count). The monoisotopic (exact) mass is 480 g/mol. The summed E-state index contributed by atoms with van der Waals surface area (Å²) in [5, 5.41) is 14.3. The number of fused-ring (bicyclic) bond motifs is 3. The van der Waals surface area contributed by atoms with Crippen LogP contribution in [0.15, 0.2) is 61.2 Å². The zero-order valence-electron chi connectivity index (χ0n) is 20.2. The van der Waals surface area contributed by atoms with E-state index in [1.54, 1.807) is 0 Å². The third-order valence-electron chi connectivity index (χ3n) is 5.65. The van der Waals surface area contributed by atoms with Gasteiger partial charge in [-0.05, 0) is 49.4 Å². The molecule has 0 radical (unpaired) electrons. The van der Waals surface area contributed by atoms with Crippen molar-refractivity contribution < 1.29 is 29.0 Å². The van der Waals surface area contributed by atoms with Crippen molar-refractivity contribution in [3.8, 4) is 11.1 Å². The molecule has 2 aromatic rings. The molecule has 0 aromatic heterocycles.